The monoisotopic (exact) mass is 387 g/mol. The predicted octanol–water partition coefficient (Wildman–Crippen LogP) is 3.71. The molecule has 0 bridgehead atoms. The van der Waals surface area contributed by atoms with Crippen molar-refractivity contribution in [2.24, 2.45) is 5.92 Å². The highest BCUT2D eigenvalue weighted by Crippen LogP contribution is 2.24. The third-order valence-corrected chi connectivity index (χ3v) is 5.44. The molecule has 29 heavy (non-hydrogen) atoms. The topological polar surface area (TPSA) is 87.9 Å². The van der Waals surface area contributed by atoms with Crippen LogP contribution >= 0.6 is 0 Å². The van der Waals surface area contributed by atoms with Crippen molar-refractivity contribution in [1.29, 1.82) is 0 Å². The Bertz CT molecular complexity index is 1130. The van der Waals surface area contributed by atoms with Crippen LogP contribution in [0.4, 0.5) is 0 Å². The number of carbonyl (C=O) groups excluding carboxylic acids is 1. The van der Waals surface area contributed by atoms with Crippen molar-refractivity contribution in [3.63, 3.8) is 0 Å². The van der Waals surface area contributed by atoms with Gasteiger partial charge in [-0.05, 0) is 37.0 Å². The average molecular weight is 387 g/mol. The molecule has 1 saturated heterocycles. The van der Waals surface area contributed by atoms with Crippen molar-refractivity contribution in [2.75, 3.05) is 13.1 Å². The average Bonchev–Trinajstić information content (AvgIpc) is 3.41. The van der Waals surface area contributed by atoms with E-state index in [9.17, 15) is 4.79 Å². The summed E-state index contributed by atoms with van der Waals surface area (Å²) in [5.41, 5.74) is 2.29. The molecule has 0 saturated carbocycles. The number of piperidine rings is 1. The zero-order valence-corrected chi connectivity index (χ0v) is 15.9. The highest BCUT2D eigenvalue weighted by atomic mass is 16.5. The Hall–Kier alpha value is -3.48. The number of hydrogen-bond donors (Lipinski definition) is 1. The lowest BCUT2D eigenvalue weighted by Crippen LogP contribution is -2.40. The van der Waals surface area contributed by atoms with E-state index in [2.05, 4.69) is 20.3 Å². The molecule has 1 amide bonds. The number of likely N-dealkylation sites (tertiary alicyclic amines) is 1. The molecular formula is C22H21N5O2. The fourth-order valence-electron chi connectivity index (χ4n) is 3.99. The number of carbonyl (C=O) groups is 1. The first-order chi connectivity index (χ1) is 14.3. The van der Waals surface area contributed by atoms with Gasteiger partial charge in [0.25, 0.3) is 11.8 Å². The van der Waals surface area contributed by atoms with Crippen LogP contribution in [0.3, 0.4) is 0 Å². The number of benzene rings is 2. The van der Waals surface area contributed by atoms with E-state index < -0.39 is 0 Å². The van der Waals surface area contributed by atoms with Gasteiger partial charge in [0.2, 0.25) is 0 Å². The van der Waals surface area contributed by atoms with Gasteiger partial charge in [0, 0.05) is 30.5 Å². The third kappa shape index (κ3) is 3.51. The standard InChI is InChI=1S/C22H21N5O2/c28-22(20-17-10-4-5-11-18(17)24-25-20)27-12-6-7-15(14-27)13-19-23-21(29-26-19)16-8-2-1-3-9-16/h1-5,8-11,15H,6-7,12-14H2,(H,24,25). The Labute approximate surface area is 167 Å². The third-order valence-electron chi connectivity index (χ3n) is 5.44. The number of aromatic amines is 1. The first kappa shape index (κ1) is 17.6. The Balaban J connectivity index is 1.29. The highest BCUT2D eigenvalue weighted by molar-refractivity contribution is 6.04. The van der Waals surface area contributed by atoms with E-state index in [0.29, 0.717) is 36.3 Å². The molecule has 5 rings (SSSR count). The van der Waals surface area contributed by atoms with Gasteiger partial charge in [-0.3, -0.25) is 9.89 Å². The number of hydrogen-bond acceptors (Lipinski definition) is 5. The van der Waals surface area contributed by atoms with Gasteiger partial charge in [0.1, 0.15) is 0 Å². The molecule has 1 aliphatic rings. The number of nitrogens with zero attached hydrogens (tertiary/aromatic N) is 4. The van der Waals surface area contributed by atoms with Gasteiger partial charge in [0.15, 0.2) is 11.5 Å². The van der Waals surface area contributed by atoms with Crippen molar-refractivity contribution in [3.8, 4) is 11.5 Å². The van der Waals surface area contributed by atoms with Crippen LogP contribution < -0.4 is 0 Å². The second-order valence-electron chi connectivity index (χ2n) is 7.46. The number of para-hydroxylation sites is 1. The fourth-order valence-corrected chi connectivity index (χ4v) is 3.99. The van der Waals surface area contributed by atoms with Gasteiger partial charge in [-0.1, -0.05) is 41.6 Å². The summed E-state index contributed by atoms with van der Waals surface area (Å²) in [5, 5.41) is 12.2. The van der Waals surface area contributed by atoms with Crippen molar-refractivity contribution in [3.05, 3.63) is 66.1 Å². The molecule has 2 aromatic heterocycles. The van der Waals surface area contributed by atoms with E-state index in [-0.39, 0.29) is 5.91 Å². The minimum absolute atomic E-state index is 0.0229. The van der Waals surface area contributed by atoms with Crippen molar-refractivity contribution < 1.29 is 9.32 Å². The maximum Gasteiger partial charge on any atom is 0.275 e. The molecule has 0 radical (unpaired) electrons. The van der Waals surface area contributed by atoms with Gasteiger partial charge in [-0.25, -0.2) is 0 Å². The predicted molar refractivity (Wildman–Crippen MR) is 108 cm³/mol. The minimum Gasteiger partial charge on any atom is -0.337 e. The summed E-state index contributed by atoms with van der Waals surface area (Å²) in [7, 11) is 0. The van der Waals surface area contributed by atoms with Crippen molar-refractivity contribution in [2.45, 2.75) is 19.3 Å². The molecule has 0 aliphatic carbocycles. The van der Waals surface area contributed by atoms with Gasteiger partial charge in [-0.2, -0.15) is 10.1 Å². The summed E-state index contributed by atoms with van der Waals surface area (Å²) in [6.45, 7) is 1.42. The van der Waals surface area contributed by atoms with Crippen LogP contribution in [-0.2, 0) is 6.42 Å². The largest absolute Gasteiger partial charge is 0.337 e. The summed E-state index contributed by atoms with van der Waals surface area (Å²) in [5.74, 6) is 1.50. The SMILES string of the molecule is O=C(c1n[nH]c2ccccc12)N1CCCC(Cc2noc(-c3ccccc3)n2)C1. The lowest BCUT2D eigenvalue weighted by molar-refractivity contribution is 0.0668. The van der Waals surface area contributed by atoms with E-state index in [4.69, 9.17) is 4.52 Å². The second kappa shape index (κ2) is 7.50. The molecule has 4 aromatic rings. The molecule has 7 nitrogen and oxygen atoms in total. The molecule has 3 heterocycles. The zero-order valence-electron chi connectivity index (χ0n) is 15.9. The van der Waals surface area contributed by atoms with Crippen LogP contribution in [0, 0.1) is 5.92 Å². The molecule has 1 unspecified atom stereocenters. The summed E-state index contributed by atoms with van der Waals surface area (Å²) in [6, 6.07) is 17.5. The fraction of sp³-hybridized carbons (Fsp3) is 0.273. The highest BCUT2D eigenvalue weighted by Gasteiger charge is 2.28. The molecule has 7 heteroatoms. The normalized spacial score (nSPS) is 17.0. The van der Waals surface area contributed by atoms with Gasteiger partial charge >= 0.3 is 0 Å². The molecule has 1 atom stereocenters. The van der Waals surface area contributed by atoms with Crippen LogP contribution in [0.1, 0.15) is 29.2 Å². The van der Waals surface area contributed by atoms with Gasteiger partial charge in [-0.15, -0.1) is 0 Å². The quantitative estimate of drug-likeness (QED) is 0.577. The van der Waals surface area contributed by atoms with E-state index in [0.717, 1.165) is 35.9 Å². The molecule has 146 valence electrons. The number of H-pyrrole nitrogens is 1. The van der Waals surface area contributed by atoms with Crippen molar-refractivity contribution >= 4 is 16.8 Å². The van der Waals surface area contributed by atoms with E-state index in [1.54, 1.807) is 0 Å². The first-order valence-electron chi connectivity index (χ1n) is 9.88. The van der Waals surface area contributed by atoms with Crippen LogP contribution in [0.2, 0.25) is 0 Å². The van der Waals surface area contributed by atoms with Crippen molar-refractivity contribution in [1.82, 2.24) is 25.2 Å². The number of aromatic nitrogens is 4. The lowest BCUT2D eigenvalue weighted by Gasteiger charge is -2.31. The molecule has 2 aromatic carbocycles. The summed E-state index contributed by atoms with van der Waals surface area (Å²) < 4.78 is 5.42. The molecule has 0 spiro atoms. The van der Waals surface area contributed by atoms with Crippen LogP contribution in [0.5, 0.6) is 0 Å². The Morgan fingerprint density at radius 1 is 1.14 bits per heavy atom. The van der Waals surface area contributed by atoms with E-state index in [1.165, 1.54) is 0 Å². The van der Waals surface area contributed by atoms with Gasteiger partial charge < -0.3 is 9.42 Å². The Morgan fingerprint density at radius 2 is 1.97 bits per heavy atom. The van der Waals surface area contributed by atoms with Gasteiger partial charge in [0.05, 0.1) is 5.52 Å². The van der Waals surface area contributed by atoms with Crippen LogP contribution in [0.25, 0.3) is 22.4 Å². The Kier molecular flexibility index (Phi) is 4.56. The summed E-state index contributed by atoms with van der Waals surface area (Å²) in [4.78, 5) is 19.5. The number of fused-ring (bicyclic) bond motifs is 1. The molecular weight excluding hydrogens is 366 g/mol. The zero-order chi connectivity index (χ0) is 19.6. The number of nitrogens with one attached hydrogen (secondary N) is 1. The molecule has 1 fully saturated rings. The smallest absolute Gasteiger partial charge is 0.275 e. The van der Waals surface area contributed by atoms with Crippen LogP contribution in [0.15, 0.2) is 59.1 Å². The number of rotatable bonds is 4. The summed E-state index contributed by atoms with van der Waals surface area (Å²) >= 11 is 0. The Morgan fingerprint density at radius 3 is 2.86 bits per heavy atom. The maximum atomic E-state index is 13.1. The maximum absolute atomic E-state index is 13.1. The minimum atomic E-state index is -0.0229. The second-order valence-corrected chi connectivity index (χ2v) is 7.46. The lowest BCUT2D eigenvalue weighted by atomic mass is 9.94. The number of amides is 1. The van der Waals surface area contributed by atoms with E-state index >= 15 is 0 Å². The van der Waals surface area contributed by atoms with E-state index in [1.807, 2.05) is 59.5 Å². The first-order valence-corrected chi connectivity index (χ1v) is 9.88. The molecule has 1 aliphatic heterocycles. The molecule has 1 N–H and O–H groups in total. The summed E-state index contributed by atoms with van der Waals surface area (Å²) in [6.07, 6.45) is 2.70. The van der Waals surface area contributed by atoms with Crippen LogP contribution in [-0.4, -0.2) is 44.2 Å².